The van der Waals surface area contributed by atoms with Gasteiger partial charge >= 0.3 is 0 Å². The first kappa shape index (κ1) is 17.8. The SMILES string of the molecule is CN(C)C(=O)[C@@]1(c2cnccn2)CCCN1CC(=O)N1CCOCC1. The number of ether oxygens (including phenoxy) is 1. The fourth-order valence-electron chi connectivity index (χ4n) is 3.69. The van der Waals surface area contributed by atoms with Crippen LogP contribution in [0.4, 0.5) is 0 Å². The summed E-state index contributed by atoms with van der Waals surface area (Å²) in [4.78, 5) is 39.8. The second kappa shape index (κ2) is 7.45. The molecule has 2 amide bonds. The van der Waals surface area contributed by atoms with E-state index in [4.69, 9.17) is 4.74 Å². The second-order valence-corrected chi connectivity index (χ2v) is 6.67. The van der Waals surface area contributed by atoms with E-state index in [9.17, 15) is 9.59 Å². The van der Waals surface area contributed by atoms with E-state index in [1.165, 1.54) is 0 Å². The van der Waals surface area contributed by atoms with Gasteiger partial charge in [0, 0.05) is 46.1 Å². The van der Waals surface area contributed by atoms with Gasteiger partial charge in [0.1, 0.15) is 5.54 Å². The molecule has 2 saturated heterocycles. The lowest BCUT2D eigenvalue weighted by Gasteiger charge is -2.39. The van der Waals surface area contributed by atoms with E-state index in [0.717, 1.165) is 6.42 Å². The molecule has 8 nitrogen and oxygen atoms in total. The van der Waals surface area contributed by atoms with Crippen LogP contribution in [0.25, 0.3) is 0 Å². The minimum absolute atomic E-state index is 0.0324. The number of amides is 2. The first-order valence-electron chi connectivity index (χ1n) is 8.64. The summed E-state index contributed by atoms with van der Waals surface area (Å²) < 4.78 is 5.31. The minimum atomic E-state index is -0.917. The quantitative estimate of drug-likeness (QED) is 0.745. The lowest BCUT2D eigenvalue weighted by Crippen LogP contribution is -2.56. The maximum absolute atomic E-state index is 13.1. The zero-order valence-electron chi connectivity index (χ0n) is 14.8. The van der Waals surface area contributed by atoms with E-state index < -0.39 is 5.54 Å². The number of aromatic nitrogens is 2. The van der Waals surface area contributed by atoms with E-state index in [0.29, 0.717) is 45.0 Å². The molecule has 3 heterocycles. The Balaban J connectivity index is 1.88. The van der Waals surface area contributed by atoms with Crippen LogP contribution in [0.3, 0.4) is 0 Å². The van der Waals surface area contributed by atoms with Gasteiger partial charge in [-0.15, -0.1) is 0 Å². The van der Waals surface area contributed by atoms with Gasteiger partial charge in [-0.1, -0.05) is 0 Å². The molecule has 136 valence electrons. The fraction of sp³-hybridized carbons (Fsp3) is 0.647. The van der Waals surface area contributed by atoms with Crippen LogP contribution in [0, 0.1) is 0 Å². The maximum atomic E-state index is 13.1. The lowest BCUT2D eigenvalue weighted by atomic mass is 9.90. The third-order valence-electron chi connectivity index (χ3n) is 4.94. The number of nitrogens with zero attached hydrogens (tertiary/aromatic N) is 5. The van der Waals surface area contributed by atoms with E-state index in [1.807, 2.05) is 9.80 Å². The maximum Gasteiger partial charge on any atom is 0.248 e. The zero-order chi connectivity index (χ0) is 17.9. The topological polar surface area (TPSA) is 78.9 Å². The number of likely N-dealkylation sites (N-methyl/N-ethyl adjacent to an activating group) is 1. The first-order valence-corrected chi connectivity index (χ1v) is 8.64. The number of likely N-dealkylation sites (tertiary alicyclic amines) is 1. The van der Waals surface area contributed by atoms with Crippen LogP contribution in [0.2, 0.25) is 0 Å². The lowest BCUT2D eigenvalue weighted by molar-refractivity contribution is -0.145. The molecule has 0 saturated carbocycles. The van der Waals surface area contributed by atoms with Crippen LogP contribution >= 0.6 is 0 Å². The molecular weight excluding hydrogens is 322 g/mol. The van der Waals surface area contributed by atoms with Gasteiger partial charge in [-0.25, -0.2) is 0 Å². The van der Waals surface area contributed by atoms with Crippen molar-refractivity contribution in [3.05, 3.63) is 24.3 Å². The van der Waals surface area contributed by atoms with Gasteiger partial charge in [-0.05, 0) is 12.8 Å². The number of carbonyl (C=O) groups is 2. The fourth-order valence-corrected chi connectivity index (χ4v) is 3.69. The third-order valence-corrected chi connectivity index (χ3v) is 4.94. The van der Waals surface area contributed by atoms with Crippen molar-refractivity contribution in [2.24, 2.45) is 0 Å². The van der Waals surface area contributed by atoms with Gasteiger partial charge in [0.05, 0.1) is 31.6 Å². The summed E-state index contributed by atoms with van der Waals surface area (Å²) in [6.45, 7) is 3.23. The molecule has 0 aliphatic carbocycles. The molecule has 2 aliphatic heterocycles. The second-order valence-electron chi connectivity index (χ2n) is 6.67. The Morgan fingerprint density at radius 2 is 2.00 bits per heavy atom. The van der Waals surface area contributed by atoms with Crippen molar-refractivity contribution in [2.45, 2.75) is 18.4 Å². The summed E-state index contributed by atoms with van der Waals surface area (Å²) in [6.07, 6.45) is 6.31. The minimum Gasteiger partial charge on any atom is -0.378 e. The first-order chi connectivity index (χ1) is 12.1. The molecule has 0 unspecified atom stereocenters. The predicted molar refractivity (Wildman–Crippen MR) is 90.6 cm³/mol. The van der Waals surface area contributed by atoms with Crippen molar-refractivity contribution in [3.8, 4) is 0 Å². The van der Waals surface area contributed by atoms with Crippen LogP contribution in [-0.2, 0) is 19.9 Å². The van der Waals surface area contributed by atoms with Crippen LogP contribution < -0.4 is 0 Å². The number of morpholine rings is 1. The molecule has 3 rings (SSSR count). The van der Waals surface area contributed by atoms with Gasteiger partial charge in [-0.2, -0.15) is 0 Å². The summed E-state index contributed by atoms with van der Waals surface area (Å²) >= 11 is 0. The number of hydrogen-bond acceptors (Lipinski definition) is 6. The molecule has 8 heteroatoms. The average molecular weight is 347 g/mol. The smallest absolute Gasteiger partial charge is 0.248 e. The molecule has 0 bridgehead atoms. The van der Waals surface area contributed by atoms with Crippen molar-refractivity contribution in [3.63, 3.8) is 0 Å². The number of hydrogen-bond donors (Lipinski definition) is 0. The van der Waals surface area contributed by atoms with Gasteiger partial charge < -0.3 is 14.5 Å². The molecule has 25 heavy (non-hydrogen) atoms. The highest BCUT2D eigenvalue weighted by Crippen LogP contribution is 2.39. The highest BCUT2D eigenvalue weighted by molar-refractivity contribution is 5.88. The van der Waals surface area contributed by atoms with Crippen LogP contribution in [0.15, 0.2) is 18.6 Å². The van der Waals surface area contributed by atoms with Crippen LogP contribution in [-0.4, -0.2) is 90.0 Å². The summed E-state index contributed by atoms with van der Waals surface area (Å²) in [6, 6.07) is 0. The molecule has 1 aromatic rings. The van der Waals surface area contributed by atoms with Crippen molar-refractivity contribution in [1.29, 1.82) is 0 Å². The normalized spacial score (nSPS) is 24.3. The van der Waals surface area contributed by atoms with Crippen molar-refractivity contribution in [1.82, 2.24) is 24.7 Å². The Hall–Kier alpha value is -2.06. The van der Waals surface area contributed by atoms with Crippen LogP contribution in [0.1, 0.15) is 18.5 Å². The molecule has 0 spiro atoms. The number of rotatable bonds is 4. The molecule has 2 fully saturated rings. The third kappa shape index (κ3) is 3.36. The van der Waals surface area contributed by atoms with Gasteiger partial charge in [-0.3, -0.25) is 24.5 Å². The van der Waals surface area contributed by atoms with E-state index in [2.05, 4.69) is 9.97 Å². The van der Waals surface area contributed by atoms with E-state index in [1.54, 1.807) is 37.6 Å². The van der Waals surface area contributed by atoms with Crippen molar-refractivity contribution in [2.75, 3.05) is 53.5 Å². The zero-order valence-corrected chi connectivity index (χ0v) is 14.8. The number of carbonyl (C=O) groups excluding carboxylic acids is 2. The molecule has 0 aromatic carbocycles. The average Bonchev–Trinajstić information content (AvgIpc) is 3.06. The molecule has 1 atom stereocenters. The Labute approximate surface area is 147 Å². The predicted octanol–water partition coefficient (Wildman–Crippen LogP) is -0.285. The van der Waals surface area contributed by atoms with Gasteiger partial charge in [0.2, 0.25) is 11.8 Å². The highest BCUT2D eigenvalue weighted by Gasteiger charge is 2.51. The molecule has 0 radical (unpaired) electrons. The van der Waals surface area contributed by atoms with Crippen molar-refractivity contribution >= 4 is 11.8 Å². The summed E-state index contributed by atoms with van der Waals surface area (Å²) in [7, 11) is 3.47. The molecular formula is C17H25N5O3. The largest absolute Gasteiger partial charge is 0.378 e. The Morgan fingerprint density at radius 1 is 1.24 bits per heavy atom. The molecule has 2 aliphatic rings. The highest BCUT2D eigenvalue weighted by atomic mass is 16.5. The molecule has 0 N–H and O–H groups in total. The van der Waals surface area contributed by atoms with E-state index in [-0.39, 0.29) is 18.4 Å². The Morgan fingerprint density at radius 3 is 2.64 bits per heavy atom. The van der Waals surface area contributed by atoms with E-state index >= 15 is 0 Å². The summed E-state index contributed by atoms with van der Waals surface area (Å²) in [5.41, 5.74) is -0.305. The van der Waals surface area contributed by atoms with Crippen molar-refractivity contribution < 1.29 is 14.3 Å². The monoisotopic (exact) mass is 347 g/mol. The van der Waals surface area contributed by atoms with Gasteiger partial charge in [0.25, 0.3) is 0 Å². The standard InChI is InChI=1S/C17H25N5O3/c1-20(2)16(24)17(14-12-18-5-6-19-14)4-3-7-22(17)13-15(23)21-8-10-25-11-9-21/h5-6,12H,3-4,7-11,13H2,1-2H3/t17-/m0/s1. The van der Waals surface area contributed by atoms with Gasteiger partial charge in [0.15, 0.2) is 0 Å². The summed E-state index contributed by atoms with van der Waals surface area (Å²) in [5.74, 6) is -0.0229. The summed E-state index contributed by atoms with van der Waals surface area (Å²) in [5, 5.41) is 0. The van der Waals surface area contributed by atoms with Crippen LogP contribution in [0.5, 0.6) is 0 Å². The Bertz CT molecular complexity index is 618. The molecule has 1 aromatic heterocycles. The Kier molecular flexibility index (Phi) is 5.29.